The number of rotatable bonds is 2. The summed E-state index contributed by atoms with van der Waals surface area (Å²) in [6.07, 6.45) is 3.18. The van der Waals surface area contributed by atoms with E-state index in [1.807, 2.05) is 12.1 Å². The Hall–Kier alpha value is -0.580. The zero-order chi connectivity index (χ0) is 11.8. The van der Waals surface area contributed by atoms with Gasteiger partial charge in [0.2, 0.25) is 0 Å². The number of hydrogen-bond acceptors (Lipinski definition) is 3. The molecule has 17 heavy (non-hydrogen) atoms. The Morgan fingerprint density at radius 1 is 1.29 bits per heavy atom. The summed E-state index contributed by atoms with van der Waals surface area (Å²) in [5.41, 5.74) is 2.15. The Balaban J connectivity index is 1.84. The number of anilines is 1. The number of benzene rings is 1. The Kier molecular flexibility index (Phi) is 3.11. The molecule has 1 aromatic carbocycles. The first-order chi connectivity index (χ1) is 8.26. The third kappa shape index (κ3) is 2.21. The van der Waals surface area contributed by atoms with Gasteiger partial charge in [0, 0.05) is 17.6 Å². The minimum absolute atomic E-state index is 0.0905. The molecule has 0 spiro atoms. The number of hydrogen-bond donors (Lipinski definition) is 1. The molecule has 2 atom stereocenters. The molecule has 0 amide bonds. The highest BCUT2D eigenvalue weighted by molar-refractivity contribution is 9.10. The molecule has 0 saturated carbocycles. The van der Waals surface area contributed by atoms with Crippen LogP contribution in [0.15, 0.2) is 22.7 Å². The van der Waals surface area contributed by atoms with Crippen molar-refractivity contribution in [2.45, 2.75) is 31.7 Å². The lowest BCUT2D eigenvalue weighted by Gasteiger charge is -2.34. The highest BCUT2D eigenvalue weighted by Gasteiger charge is 2.34. The highest BCUT2D eigenvalue weighted by atomic mass is 79.9. The molecular weight excluding hydrogens is 282 g/mol. The summed E-state index contributed by atoms with van der Waals surface area (Å²) in [7, 11) is 0. The van der Waals surface area contributed by atoms with E-state index in [0.29, 0.717) is 12.2 Å². The predicted octanol–water partition coefficient (Wildman–Crippen LogP) is 2.31. The van der Waals surface area contributed by atoms with Crippen LogP contribution in [0.2, 0.25) is 0 Å². The number of nitrogens with zero attached hydrogens (tertiary/aromatic N) is 1. The van der Waals surface area contributed by atoms with E-state index in [-0.39, 0.29) is 6.61 Å². The minimum Gasteiger partial charge on any atom is -0.392 e. The van der Waals surface area contributed by atoms with Gasteiger partial charge in [0.15, 0.2) is 0 Å². The number of halogens is 1. The van der Waals surface area contributed by atoms with Crippen molar-refractivity contribution in [1.29, 1.82) is 0 Å². The minimum atomic E-state index is 0.0905. The second kappa shape index (κ2) is 4.59. The summed E-state index contributed by atoms with van der Waals surface area (Å²) in [6.45, 7) is 2.05. The fourth-order valence-corrected chi connectivity index (χ4v) is 3.39. The van der Waals surface area contributed by atoms with Crippen molar-refractivity contribution in [3.63, 3.8) is 0 Å². The van der Waals surface area contributed by atoms with E-state index in [4.69, 9.17) is 9.84 Å². The maximum absolute atomic E-state index is 9.10. The van der Waals surface area contributed by atoms with Crippen LogP contribution in [0.3, 0.4) is 0 Å². The van der Waals surface area contributed by atoms with Crippen LogP contribution in [0, 0.1) is 0 Å². The van der Waals surface area contributed by atoms with Crippen molar-refractivity contribution in [3.05, 3.63) is 28.2 Å². The topological polar surface area (TPSA) is 32.7 Å². The molecule has 2 fully saturated rings. The summed E-state index contributed by atoms with van der Waals surface area (Å²) < 4.78 is 6.90. The Labute approximate surface area is 110 Å². The van der Waals surface area contributed by atoms with Gasteiger partial charge in [-0.15, -0.1) is 0 Å². The van der Waals surface area contributed by atoms with E-state index in [2.05, 4.69) is 26.9 Å². The van der Waals surface area contributed by atoms with Crippen molar-refractivity contribution >= 4 is 21.6 Å². The predicted molar refractivity (Wildman–Crippen MR) is 70.2 cm³/mol. The lowest BCUT2D eigenvalue weighted by Crippen LogP contribution is -2.42. The average molecular weight is 298 g/mol. The first kappa shape index (κ1) is 11.5. The quantitative estimate of drug-likeness (QED) is 0.909. The first-order valence-corrected chi connectivity index (χ1v) is 6.85. The number of aliphatic hydroxyl groups excluding tert-OH is 1. The molecule has 92 valence electrons. The van der Waals surface area contributed by atoms with Crippen LogP contribution in [-0.2, 0) is 11.3 Å². The van der Waals surface area contributed by atoms with Crippen molar-refractivity contribution in [2.24, 2.45) is 0 Å². The smallest absolute Gasteiger partial charge is 0.0755 e. The molecule has 2 aliphatic heterocycles. The average Bonchev–Trinajstić information content (AvgIpc) is 2.68. The first-order valence-electron chi connectivity index (χ1n) is 6.06. The van der Waals surface area contributed by atoms with Crippen LogP contribution in [0.4, 0.5) is 5.69 Å². The molecule has 0 radical (unpaired) electrons. The molecule has 1 N–H and O–H groups in total. The molecule has 2 unspecified atom stereocenters. The molecular formula is C13H16BrNO2. The zero-order valence-electron chi connectivity index (χ0n) is 9.60. The van der Waals surface area contributed by atoms with Gasteiger partial charge in [-0.1, -0.05) is 6.07 Å². The lowest BCUT2D eigenvalue weighted by atomic mass is 10.2. The number of fused-ring (bicyclic) bond motifs is 2. The van der Waals surface area contributed by atoms with Crippen molar-refractivity contribution in [2.75, 3.05) is 18.0 Å². The number of ether oxygens (including phenoxy) is 1. The largest absolute Gasteiger partial charge is 0.392 e. The van der Waals surface area contributed by atoms with Gasteiger partial charge in [-0.05, 0) is 46.5 Å². The molecule has 1 aromatic rings. The Morgan fingerprint density at radius 3 is 2.59 bits per heavy atom. The zero-order valence-corrected chi connectivity index (χ0v) is 11.2. The third-order valence-electron chi connectivity index (χ3n) is 3.58. The summed E-state index contributed by atoms with van der Waals surface area (Å²) >= 11 is 3.59. The number of morpholine rings is 1. The highest BCUT2D eigenvalue weighted by Crippen LogP contribution is 2.33. The maximum Gasteiger partial charge on any atom is 0.0755 e. The Bertz CT molecular complexity index is 412. The van der Waals surface area contributed by atoms with Crippen molar-refractivity contribution < 1.29 is 9.84 Å². The van der Waals surface area contributed by atoms with Gasteiger partial charge in [-0.2, -0.15) is 0 Å². The van der Waals surface area contributed by atoms with Gasteiger partial charge in [-0.25, -0.2) is 0 Å². The molecule has 0 aromatic heterocycles. The van der Waals surface area contributed by atoms with Gasteiger partial charge in [0.05, 0.1) is 24.5 Å². The molecule has 2 aliphatic rings. The summed E-state index contributed by atoms with van der Waals surface area (Å²) in [4.78, 5) is 2.39. The van der Waals surface area contributed by atoms with E-state index in [1.165, 1.54) is 18.5 Å². The summed E-state index contributed by atoms with van der Waals surface area (Å²) in [6, 6.07) is 6.06. The number of aliphatic hydroxyl groups is 1. The molecule has 2 saturated heterocycles. The summed E-state index contributed by atoms with van der Waals surface area (Å²) in [5.74, 6) is 0. The van der Waals surface area contributed by atoms with Crippen LogP contribution in [0.5, 0.6) is 0 Å². The van der Waals surface area contributed by atoms with Gasteiger partial charge in [0.1, 0.15) is 0 Å². The van der Waals surface area contributed by atoms with Crippen LogP contribution in [0.25, 0.3) is 0 Å². The van der Waals surface area contributed by atoms with E-state index >= 15 is 0 Å². The van der Waals surface area contributed by atoms with Crippen LogP contribution in [0.1, 0.15) is 18.4 Å². The monoisotopic (exact) mass is 297 g/mol. The van der Waals surface area contributed by atoms with Crippen LogP contribution < -0.4 is 4.90 Å². The van der Waals surface area contributed by atoms with E-state index in [0.717, 1.165) is 23.1 Å². The van der Waals surface area contributed by atoms with Gasteiger partial charge in [0.25, 0.3) is 0 Å². The molecule has 2 bridgehead atoms. The second-order valence-corrected chi connectivity index (χ2v) is 5.66. The maximum atomic E-state index is 9.10. The molecule has 0 aliphatic carbocycles. The molecule has 4 heteroatoms. The Morgan fingerprint density at radius 2 is 2.00 bits per heavy atom. The van der Waals surface area contributed by atoms with Gasteiger partial charge < -0.3 is 14.7 Å². The lowest BCUT2D eigenvalue weighted by molar-refractivity contribution is 0.0304. The molecule has 3 nitrogen and oxygen atoms in total. The standard InChI is InChI=1S/C13H16BrNO2/c14-12-5-9(8-16)1-4-13(12)15-6-10-2-3-11(7-15)17-10/h1,4-5,10-11,16H,2-3,6-8H2. The third-order valence-corrected chi connectivity index (χ3v) is 4.21. The van der Waals surface area contributed by atoms with Crippen molar-refractivity contribution in [1.82, 2.24) is 0 Å². The van der Waals surface area contributed by atoms with Gasteiger partial charge >= 0.3 is 0 Å². The second-order valence-electron chi connectivity index (χ2n) is 4.81. The molecule has 3 rings (SSSR count). The fraction of sp³-hybridized carbons (Fsp3) is 0.538. The van der Waals surface area contributed by atoms with E-state index < -0.39 is 0 Å². The van der Waals surface area contributed by atoms with Gasteiger partial charge in [-0.3, -0.25) is 0 Å². The molecule has 2 heterocycles. The van der Waals surface area contributed by atoms with E-state index in [1.54, 1.807) is 0 Å². The normalized spacial score (nSPS) is 27.5. The van der Waals surface area contributed by atoms with Crippen molar-refractivity contribution in [3.8, 4) is 0 Å². The summed E-state index contributed by atoms with van der Waals surface area (Å²) in [5, 5.41) is 9.10. The van der Waals surface area contributed by atoms with Crippen LogP contribution >= 0.6 is 15.9 Å². The van der Waals surface area contributed by atoms with Crippen LogP contribution in [-0.4, -0.2) is 30.4 Å². The fourth-order valence-electron chi connectivity index (χ4n) is 2.72. The SMILES string of the molecule is OCc1ccc(N2CC3CCC(C2)O3)c(Br)c1. The van der Waals surface area contributed by atoms with E-state index in [9.17, 15) is 0 Å².